The minimum absolute atomic E-state index is 0. The first-order valence-electron chi connectivity index (χ1n) is 0.698. The molecule has 0 unspecified atom stereocenters. The summed E-state index contributed by atoms with van der Waals surface area (Å²) in [4.78, 5) is 0. The second-order valence-corrected chi connectivity index (χ2v) is 3.00. The maximum atomic E-state index is 8.85. The van der Waals surface area contributed by atoms with E-state index in [1.807, 2.05) is 0 Å². The van der Waals surface area contributed by atoms with Crippen LogP contribution in [0.4, 0.5) is 0 Å². The summed E-state index contributed by atoms with van der Waals surface area (Å²) in [7, 11) is 0. The minimum atomic E-state index is -5.52. The zero-order chi connectivity index (χ0) is 4.50. The molecule has 0 rings (SSSR count). The van der Waals surface area contributed by atoms with Gasteiger partial charge in [0, 0.05) is 0 Å². The molecule has 6 heavy (non-hydrogen) atoms. The molecule has 0 aliphatic rings. The number of hydrogen-bond donors (Lipinski definition) is 2. The van der Waals surface area contributed by atoms with Crippen molar-refractivity contribution in [2.45, 2.75) is 0 Å². The first kappa shape index (κ1) is 10.8. The first-order valence-corrected chi connectivity index (χ1v) is 4.69. The molecule has 4 nitrogen and oxygen atoms in total. The van der Waals surface area contributed by atoms with Crippen LogP contribution in [0.5, 0.6) is 0 Å². The average Bonchev–Trinajstić information content (AvgIpc) is 0.722. The van der Waals surface area contributed by atoms with E-state index in [4.69, 9.17) is 13.2 Å². The van der Waals surface area contributed by atoms with Crippen LogP contribution in [0.25, 0.3) is 0 Å². The van der Waals surface area contributed by atoms with Crippen LogP contribution in [0.2, 0.25) is 0 Å². The van der Waals surface area contributed by atoms with Gasteiger partial charge < -0.3 is 1.43 Å². The average molecular weight is 234 g/mol. The summed E-state index contributed by atoms with van der Waals surface area (Å²) in [5.41, 5.74) is 0. The smallest absolute Gasteiger partial charge is 1.00 e. The summed E-state index contributed by atoms with van der Waals surface area (Å²) in [5, 5.41) is 0. The quantitative estimate of drug-likeness (QED) is 0.413. The predicted octanol–water partition coefficient (Wildman–Crippen LogP) is -4.62. The summed E-state index contributed by atoms with van der Waals surface area (Å²) < 4.78 is 32.0. The zero-order valence-electron chi connectivity index (χ0n) is 4.12. The third-order valence-electron chi connectivity index (χ3n) is 0. The van der Waals surface area contributed by atoms with Crippen LogP contribution in [0.3, 0.4) is 0 Å². The Kier molecular flexibility index (Phi) is 7.03. The molecule has 0 fully saturated rings. The molecule has 0 saturated carbocycles. The van der Waals surface area contributed by atoms with E-state index in [0.29, 0.717) is 0 Å². The Morgan fingerprint density at radius 2 is 1.33 bits per heavy atom. The maximum Gasteiger partial charge on any atom is 1.00 e. The molecule has 34 valence electrons. The van der Waals surface area contributed by atoms with Crippen molar-refractivity contribution in [3.05, 3.63) is 0 Å². The number of hydrogen-bond acceptors (Lipinski definition) is 2. The Hall–Kier alpha value is 1.95. The normalized spacial score (nSPS) is 9.67. The van der Waals surface area contributed by atoms with Crippen molar-refractivity contribution in [2.24, 2.45) is 0 Å². The van der Waals surface area contributed by atoms with Gasteiger partial charge in [0.25, 0.3) is 0 Å². The third kappa shape index (κ3) is 38.4. The van der Waals surface area contributed by atoms with Gasteiger partial charge in [0.15, 0.2) is 0 Å². The summed E-state index contributed by atoms with van der Waals surface area (Å²) in [6.45, 7) is 0. The fourth-order valence-electron chi connectivity index (χ4n) is 0. The van der Waals surface area contributed by atoms with Gasteiger partial charge in [-0.1, -0.05) is 0 Å². The van der Waals surface area contributed by atoms with Crippen LogP contribution in [-0.2, 0) is 6.21 Å². The maximum absolute atomic E-state index is 8.85. The number of rotatable bonds is 0. The van der Waals surface area contributed by atoms with Crippen molar-refractivity contribution >= 4 is 19.0 Å². The Morgan fingerprint density at radius 3 is 1.33 bits per heavy atom. The second kappa shape index (κ2) is 3.89. The SMILES string of the molecule is O=[Te](=O)(O)O.[H-].[K+]. The summed E-state index contributed by atoms with van der Waals surface area (Å²) in [6, 6.07) is 0. The van der Waals surface area contributed by atoms with Crippen LogP contribution in [0, 0.1) is 0 Å². The van der Waals surface area contributed by atoms with Crippen molar-refractivity contribution in [2.75, 3.05) is 0 Å². The molecule has 0 radical (unpaired) electrons. The van der Waals surface area contributed by atoms with Gasteiger partial charge >= 0.3 is 83.5 Å². The summed E-state index contributed by atoms with van der Waals surface area (Å²) in [5.74, 6) is 0. The molecule has 0 bridgehead atoms. The molecule has 0 aromatic heterocycles. The van der Waals surface area contributed by atoms with Gasteiger partial charge in [-0.15, -0.1) is 0 Å². The van der Waals surface area contributed by atoms with E-state index in [1.165, 1.54) is 0 Å². The molecule has 0 atom stereocenters. The van der Waals surface area contributed by atoms with E-state index in [9.17, 15) is 0 Å². The molecular weight excluding hydrogens is 231 g/mol. The monoisotopic (exact) mass is 236 g/mol. The van der Waals surface area contributed by atoms with E-state index < -0.39 is 19.0 Å². The van der Waals surface area contributed by atoms with Gasteiger partial charge in [0.2, 0.25) is 0 Å². The molecule has 0 aliphatic heterocycles. The minimum Gasteiger partial charge on any atom is -1.00 e. The van der Waals surface area contributed by atoms with Gasteiger partial charge in [0.05, 0.1) is 0 Å². The zero-order valence-corrected chi connectivity index (χ0v) is 8.57. The Labute approximate surface area is 83.1 Å². The van der Waals surface area contributed by atoms with Gasteiger partial charge in [0.1, 0.15) is 0 Å². The van der Waals surface area contributed by atoms with Gasteiger partial charge in [-0.25, -0.2) is 0 Å². The van der Waals surface area contributed by atoms with E-state index in [-0.39, 0.29) is 52.8 Å². The molecule has 0 aromatic rings. The van der Waals surface area contributed by atoms with Gasteiger partial charge in [-0.05, 0) is 0 Å². The predicted molar refractivity (Wildman–Crippen MR) is 12.7 cm³/mol. The van der Waals surface area contributed by atoms with Crippen molar-refractivity contribution in [3.8, 4) is 0 Å². The molecule has 0 spiro atoms. The van der Waals surface area contributed by atoms with Gasteiger partial charge in [-0.2, -0.15) is 0 Å². The summed E-state index contributed by atoms with van der Waals surface area (Å²) >= 11 is -5.52. The van der Waals surface area contributed by atoms with Crippen LogP contribution < -0.4 is 51.4 Å². The fraction of sp³-hybridized carbons (Fsp3) is 0. The first-order chi connectivity index (χ1) is 2.00. The molecule has 0 heterocycles. The topological polar surface area (TPSA) is 74.6 Å². The van der Waals surface area contributed by atoms with Crippen molar-refractivity contribution in [1.82, 2.24) is 0 Å². The van der Waals surface area contributed by atoms with E-state index in [2.05, 4.69) is 0 Å². The summed E-state index contributed by atoms with van der Waals surface area (Å²) in [6.07, 6.45) is 0. The molecular formula is H3KO4Te. The molecule has 2 N–H and O–H groups in total. The van der Waals surface area contributed by atoms with Crippen molar-refractivity contribution in [3.63, 3.8) is 0 Å². The largest absolute Gasteiger partial charge is 1.00 e. The molecule has 0 saturated heterocycles. The van der Waals surface area contributed by atoms with Crippen LogP contribution >= 0.6 is 0 Å². The molecule has 0 aliphatic carbocycles. The van der Waals surface area contributed by atoms with Crippen LogP contribution in [0.1, 0.15) is 1.43 Å². The van der Waals surface area contributed by atoms with Crippen LogP contribution in [-0.4, -0.2) is 25.9 Å². The second-order valence-electron chi connectivity index (χ2n) is 0.448. The van der Waals surface area contributed by atoms with Crippen molar-refractivity contribution < 1.29 is 66.0 Å². The van der Waals surface area contributed by atoms with E-state index >= 15 is 0 Å². The Morgan fingerprint density at radius 1 is 1.33 bits per heavy atom. The van der Waals surface area contributed by atoms with Crippen LogP contribution in [0.15, 0.2) is 0 Å². The standard InChI is InChI=1S/K.H2O4Te.H/c;1-5(2,3)4;/h;(H2,1,2,3,4);/q+1;;-1. The molecule has 6 heteroatoms. The molecule has 0 amide bonds. The van der Waals surface area contributed by atoms with E-state index in [0.717, 1.165) is 0 Å². The van der Waals surface area contributed by atoms with Crippen molar-refractivity contribution in [1.29, 1.82) is 0 Å². The Bertz CT molecular complexity index is 94.9. The third-order valence-corrected chi connectivity index (χ3v) is 0. The van der Waals surface area contributed by atoms with Gasteiger partial charge in [-0.3, -0.25) is 0 Å². The van der Waals surface area contributed by atoms with E-state index in [1.54, 1.807) is 0 Å². The fourth-order valence-corrected chi connectivity index (χ4v) is 0. The molecule has 0 aromatic carbocycles. The Balaban J connectivity index is -0.0000000800.